The van der Waals surface area contributed by atoms with Crippen molar-refractivity contribution in [3.63, 3.8) is 0 Å². The van der Waals surface area contributed by atoms with E-state index in [9.17, 15) is 9.90 Å². The first-order valence-corrected chi connectivity index (χ1v) is 6.46. The summed E-state index contributed by atoms with van der Waals surface area (Å²) in [6.07, 6.45) is 1.17. The Morgan fingerprint density at radius 3 is 2.67 bits per heavy atom. The predicted octanol–water partition coefficient (Wildman–Crippen LogP) is -3.55. The van der Waals surface area contributed by atoms with Crippen LogP contribution in [-0.4, -0.2) is 79.5 Å². The summed E-state index contributed by atoms with van der Waals surface area (Å²) in [5.41, 5.74) is 0. The number of rotatable bonds is 4. The molecule has 2 rings (SSSR count). The maximum Gasteiger partial charge on any atom is 0.222 e. The highest BCUT2D eigenvalue weighted by Gasteiger charge is 2.30. The molecule has 1 amide bonds. The fraction of sp³-hybridized carbons (Fsp3) is 0.917. The van der Waals surface area contributed by atoms with Crippen molar-refractivity contribution in [1.29, 1.82) is 0 Å². The van der Waals surface area contributed by atoms with Gasteiger partial charge in [0.25, 0.3) is 0 Å². The van der Waals surface area contributed by atoms with E-state index in [2.05, 4.69) is 7.05 Å². The number of ether oxygens (including phenoxy) is 1. The van der Waals surface area contributed by atoms with Gasteiger partial charge in [0.1, 0.15) is 25.7 Å². The highest BCUT2D eigenvalue weighted by Crippen LogP contribution is 2.13. The Morgan fingerprint density at radius 1 is 1.44 bits per heavy atom. The van der Waals surface area contributed by atoms with Crippen LogP contribution in [0.2, 0.25) is 0 Å². The minimum absolute atomic E-state index is 0. The molecule has 2 saturated heterocycles. The Labute approximate surface area is 126 Å². The zero-order valence-corrected chi connectivity index (χ0v) is 13.1. The van der Waals surface area contributed by atoms with Crippen LogP contribution in [0.1, 0.15) is 12.8 Å². The van der Waals surface area contributed by atoms with Gasteiger partial charge in [-0.05, 0) is 6.42 Å². The van der Waals surface area contributed by atoms with E-state index in [0.29, 0.717) is 19.5 Å². The summed E-state index contributed by atoms with van der Waals surface area (Å²) in [6, 6.07) is 0. The van der Waals surface area contributed by atoms with Crippen LogP contribution in [0.15, 0.2) is 0 Å². The van der Waals surface area contributed by atoms with Crippen LogP contribution in [0, 0.1) is 0 Å². The van der Waals surface area contributed by atoms with E-state index >= 15 is 0 Å². The van der Waals surface area contributed by atoms with Crippen LogP contribution < -0.4 is 24.0 Å². The van der Waals surface area contributed by atoms with Gasteiger partial charge in [-0.15, -0.1) is 0 Å². The molecule has 0 aromatic rings. The molecule has 0 aromatic heterocycles. The lowest BCUT2D eigenvalue weighted by atomic mass is 10.2. The molecule has 2 aliphatic heterocycles. The van der Waals surface area contributed by atoms with Gasteiger partial charge < -0.3 is 43.2 Å². The Balaban J connectivity index is 0.00000162. The largest absolute Gasteiger partial charge is 1.00 e. The average Bonchev–Trinajstić information content (AvgIpc) is 2.64. The van der Waals surface area contributed by atoms with E-state index in [0.717, 1.165) is 43.8 Å². The van der Waals surface area contributed by atoms with E-state index in [-0.39, 0.29) is 29.9 Å². The molecule has 1 N–H and O–H groups in total. The molecule has 6 heteroatoms. The third-order valence-electron chi connectivity index (χ3n) is 3.80. The molecule has 18 heavy (non-hydrogen) atoms. The van der Waals surface area contributed by atoms with E-state index in [4.69, 9.17) is 4.74 Å². The second-order valence-electron chi connectivity index (χ2n) is 5.46. The maximum atomic E-state index is 11.5. The summed E-state index contributed by atoms with van der Waals surface area (Å²) in [4.78, 5) is 13.3. The number of morpholine rings is 1. The van der Waals surface area contributed by atoms with Gasteiger partial charge in [-0.3, -0.25) is 4.79 Å². The van der Waals surface area contributed by atoms with Crippen LogP contribution >= 0.6 is 0 Å². The number of aliphatic hydroxyl groups is 1. The van der Waals surface area contributed by atoms with Gasteiger partial charge in [0, 0.05) is 13.0 Å². The van der Waals surface area contributed by atoms with Gasteiger partial charge in [-0.1, -0.05) is 0 Å². The number of quaternary nitrogens is 1. The number of hydrogen-bond donors (Lipinski definition) is 1. The number of aliphatic hydroxyl groups excluding tert-OH is 1. The van der Waals surface area contributed by atoms with Gasteiger partial charge in [-0.2, -0.15) is 0 Å². The minimum Gasteiger partial charge on any atom is -1.00 e. The van der Waals surface area contributed by atoms with Gasteiger partial charge in [0.15, 0.2) is 0 Å². The third kappa shape index (κ3) is 4.32. The summed E-state index contributed by atoms with van der Waals surface area (Å²) in [5.74, 6) is 0.189. The van der Waals surface area contributed by atoms with Crippen LogP contribution in [0.4, 0.5) is 0 Å². The lowest BCUT2D eigenvalue weighted by molar-refractivity contribution is -0.919. The quantitative estimate of drug-likeness (QED) is 0.412. The second kappa shape index (κ2) is 7.02. The van der Waals surface area contributed by atoms with E-state index < -0.39 is 6.10 Å². The summed E-state index contributed by atoms with van der Waals surface area (Å²) in [6.45, 7) is 5.46. The predicted molar refractivity (Wildman–Crippen MR) is 63.4 cm³/mol. The van der Waals surface area contributed by atoms with Crippen molar-refractivity contribution in [2.75, 3.05) is 53.0 Å². The van der Waals surface area contributed by atoms with Crippen LogP contribution in [0.25, 0.3) is 0 Å². The van der Waals surface area contributed by atoms with Crippen molar-refractivity contribution in [2.45, 2.75) is 18.9 Å². The highest BCUT2D eigenvalue weighted by molar-refractivity contribution is 5.78. The first-order valence-electron chi connectivity index (χ1n) is 6.46. The number of hydrogen-bond acceptors (Lipinski definition) is 3. The molecule has 2 aliphatic rings. The van der Waals surface area contributed by atoms with Crippen molar-refractivity contribution >= 4 is 5.91 Å². The Kier molecular flexibility index (Phi) is 6.29. The van der Waals surface area contributed by atoms with Crippen LogP contribution in [0.3, 0.4) is 0 Å². The smallest absolute Gasteiger partial charge is 0.222 e. The molecule has 5 nitrogen and oxygen atoms in total. The third-order valence-corrected chi connectivity index (χ3v) is 3.80. The van der Waals surface area contributed by atoms with Crippen LogP contribution in [0.5, 0.6) is 0 Å². The molecule has 0 bridgehead atoms. The first-order chi connectivity index (χ1) is 8.09. The minimum atomic E-state index is -0.417. The number of carbonyl (C=O) groups is 1. The molecule has 0 aromatic carbocycles. The molecule has 0 saturated carbocycles. The molecule has 2 heterocycles. The summed E-state index contributed by atoms with van der Waals surface area (Å²) >= 11 is 0. The van der Waals surface area contributed by atoms with Gasteiger partial charge in [0.2, 0.25) is 5.91 Å². The fourth-order valence-corrected chi connectivity index (χ4v) is 2.68. The van der Waals surface area contributed by atoms with Gasteiger partial charge in [0.05, 0.1) is 26.8 Å². The van der Waals surface area contributed by atoms with Crippen molar-refractivity contribution in [1.82, 2.24) is 4.90 Å². The highest BCUT2D eigenvalue weighted by atomic mass is 127. The van der Waals surface area contributed by atoms with Crippen molar-refractivity contribution in [3.05, 3.63) is 0 Å². The van der Waals surface area contributed by atoms with E-state index in [1.807, 2.05) is 0 Å². The lowest BCUT2D eigenvalue weighted by Gasteiger charge is -2.39. The summed E-state index contributed by atoms with van der Waals surface area (Å²) in [7, 11) is 2.15. The normalized spacial score (nSPS) is 24.8. The molecule has 1 atom stereocenters. The van der Waals surface area contributed by atoms with E-state index in [1.165, 1.54) is 0 Å². The summed E-state index contributed by atoms with van der Waals surface area (Å²) in [5, 5.41) is 10.1. The van der Waals surface area contributed by atoms with E-state index in [1.54, 1.807) is 4.90 Å². The monoisotopic (exact) mass is 370 g/mol. The Hall–Kier alpha value is 0.0800. The number of halogens is 1. The Bertz CT molecular complexity index is 282. The number of carbonyl (C=O) groups excluding carboxylic acids is 1. The topological polar surface area (TPSA) is 49.8 Å². The molecular weight excluding hydrogens is 347 g/mol. The number of β-amino-alcohol motifs (C(OH)–C–C–N with tert-alkyl or cyclic N) is 1. The average molecular weight is 370 g/mol. The maximum absolute atomic E-state index is 11.5. The van der Waals surface area contributed by atoms with Crippen molar-refractivity contribution in [3.8, 4) is 0 Å². The zero-order chi connectivity index (χ0) is 12.3. The number of likely N-dealkylation sites (tertiary alicyclic amines) is 1. The molecular formula is C12H23IN2O3. The molecule has 0 spiro atoms. The van der Waals surface area contributed by atoms with Crippen molar-refractivity contribution in [2.24, 2.45) is 0 Å². The SMILES string of the molecule is C[N+]1(CC(O)CN2CCCC2=O)CCOCC1.[I-]. The number of amides is 1. The fourth-order valence-electron chi connectivity index (χ4n) is 2.68. The van der Waals surface area contributed by atoms with Gasteiger partial charge >= 0.3 is 0 Å². The zero-order valence-electron chi connectivity index (χ0n) is 11.0. The standard InChI is InChI=1S/C12H23N2O3.HI/c1-14(5-7-17-8-6-14)10-11(15)9-13-4-2-3-12(13)16;/h11,15H,2-10H2,1H3;1H/q+1;/p-1. The molecule has 0 aliphatic carbocycles. The van der Waals surface area contributed by atoms with Gasteiger partial charge in [-0.25, -0.2) is 0 Å². The number of nitrogens with zero attached hydrogens (tertiary/aromatic N) is 2. The molecule has 106 valence electrons. The van der Waals surface area contributed by atoms with Crippen molar-refractivity contribution < 1.29 is 43.1 Å². The first kappa shape index (κ1) is 16.1. The number of likely N-dealkylation sites (N-methyl/N-ethyl adjacent to an activating group) is 1. The molecule has 0 radical (unpaired) electrons. The second-order valence-corrected chi connectivity index (χ2v) is 5.46. The lowest BCUT2D eigenvalue weighted by Crippen LogP contribution is -3.00. The summed E-state index contributed by atoms with van der Waals surface area (Å²) < 4.78 is 6.19. The molecule has 1 unspecified atom stereocenters. The molecule has 2 fully saturated rings. The Morgan fingerprint density at radius 2 is 2.11 bits per heavy atom. The van der Waals surface area contributed by atoms with Crippen LogP contribution in [-0.2, 0) is 9.53 Å².